The average molecular weight is 514 g/mol. The molecule has 0 atom stereocenters. The second kappa shape index (κ2) is 10.4. The molecular formula is C26H28FN3O5S. The van der Waals surface area contributed by atoms with E-state index in [0.29, 0.717) is 54.6 Å². The summed E-state index contributed by atoms with van der Waals surface area (Å²) in [6.07, 6.45) is 0. The molecule has 3 aromatic carbocycles. The molecule has 0 spiro atoms. The Morgan fingerprint density at radius 1 is 0.917 bits per heavy atom. The molecule has 0 bridgehead atoms. The molecule has 10 heteroatoms. The Hall–Kier alpha value is -3.79. The Kier molecular flexibility index (Phi) is 7.35. The second-order valence-corrected chi connectivity index (χ2v) is 10.3. The third-order valence-electron chi connectivity index (χ3n) is 6.22. The van der Waals surface area contributed by atoms with E-state index in [4.69, 9.17) is 9.47 Å². The number of rotatable bonds is 7. The van der Waals surface area contributed by atoms with Gasteiger partial charge in [-0.15, -0.1) is 0 Å². The van der Waals surface area contributed by atoms with Crippen molar-refractivity contribution in [3.63, 3.8) is 0 Å². The van der Waals surface area contributed by atoms with Crippen molar-refractivity contribution in [2.24, 2.45) is 0 Å². The molecule has 1 aliphatic rings. The quantitative estimate of drug-likeness (QED) is 0.480. The number of carbonyl (C=O) groups is 1. The lowest BCUT2D eigenvalue weighted by Crippen LogP contribution is -2.49. The lowest BCUT2D eigenvalue weighted by Gasteiger charge is -2.37. The number of benzene rings is 3. The average Bonchev–Trinajstić information content (AvgIpc) is 2.92. The molecule has 1 amide bonds. The molecule has 1 aliphatic heterocycles. The minimum Gasteiger partial charge on any atom is -0.497 e. The number of hydrogen-bond donors (Lipinski definition) is 0. The maximum Gasteiger partial charge on any atom is 0.264 e. The first kappa shape index (κ1) is 25.3. The highest BCUT2D eigenvalue weighted by Gasteiger charge is 2.27. The predicted octanol–water partition coefficient (Wildman–Crippen LogP) is 3.63. The van der Waals surface area contributed by atoms with Crippen LogP contribution in [0.15, 0.2) is 71.6 Å². The molecule has 0 N–H and O–H groups in total. The SMILES string of the molecule is COc1ccc(N(C)S(=O)(=O)c2ccc(OC)c(N3CCN(C(=O)c4cccc(F)c4)CC3)c2)cc1. The second-order valence-electron chi connectivity index (χ2n) is 8.29. The summed E-state index contributed by atoms with van der Waals surface area (Å²) < 4.78 is 52.2. The van der Waals surface area contributed by atoms with E-state index in [0.717, 1.165) is 0 Å². The number of piperazine rings is 1. The first-order valence-corrected chi connectivity index (χ1v) is 12.8. The fourth-order valence-electron chi connectivity index (χ4n) is 4.12. The normalized spacial score (nSPS) is 13.9. The summed E-state index contributed by atoms with van der Waals surface area (Å²) >= 11 is 0. The highest BCUT2D eigenvalue weighted by Crippen LogP contribution is 2.34. The Morgan fingerprint density at radius 2 is 1.61 bits per heavy atom. The van der Waals surface area contributed by atoms with Gasteiger partial charge in [-0.1, -0.05) is 6.07 Å². The van der Waals surface area contributed by atoms with Gasteiger partial charge in [0.05, 0.1) is 30.5 Å². The van der Waals surface area contributed by atoms with Crippen molar-refractivity contribution in [3.05, 3.63) is 78.1 Å². The number of carbonyl (C=O) groups excluding carboxylic acids is 1. The van der Waals surface area contributed by atoms with Crippen molar-refractivity contribution in [2.75, 3.05) is 56.7 Å². The van der Waals surface area contributed by atoms with E-state index in [-0.39, 0.29) is 10.8 Å². The molecular weight excluding hydrogens is 485 g/mol. The van der Waals surface area contributed by atoms with E-state index in [1.807, 2.05) is 4.90 Å². The molecule has 1 saturated heterocycles. The van der Waals surface area contributed by atoms with Crippen molar-refractivity contribution in [2.45, 2.75) is 4.90 Å². The lowest BCUT2D eigenvalue weighted by atomic mass is 10.1. The Morgan fingerprint density at radius 3 is 2.22 bits per heavy atom. The summed E-state index contributed by atoms with van der Waals surface area (Å²) in [5.74, 6) is 0.470. The van der Waals surface area contributed by atoms with Crippen LogP contribution < -0.4 is 18.7 Å². The first-order valence-electron chi connectivity index (χ1n) is 11.4. The fourth-order valence-corrected chi connectivity index (χ4v) is 5.34. The number of anilines is 2. The molecule has 0 aromatic heterocycles. The zero-order chi connectivity index (χ0) is 25.9. The molecule has 1 fully saturated rings. The summed E-state index contributed by atoms with van der Waals surface area (Å²) in [6.45, 7) is 1.74. The van der Waals surface area contributed by atoms with Crippen LogP contribution in [0.1, 0.15) is 10.4 Å². The number of hydrogen-bond acceptors (Lipinski definition) is 6. The van der Waals surface area contributed by atoms with Crippen molar-refractivity contribution in [3.8, 4) is 11.5 Å². The number of methoxy groups -OCH3 is 2. The van der Waals surface area contributed by atoms with Gasteiger partial charge in [0.1, 0.15) is 17.3 Å². The smallest absolute Gasteiger partial charge is 0.264 e. The molecule has 190 valence electrons. The Bertz CT molecular complexity index is 1340. The van der Waals surface area contributed by atoms with Gasteiger partial charge >= 0.3 is 0 Å². The number of sulfonamides is 1. The molecule has 0 saturated carbocycles. The van der Waals surface area contributed by atoms with Crippen molar-refractivity contribution < 1.29 is 27.1 Å². The Labute approximate surface area is 210 Å². The van der Waals surface area contributed by atoms with Crippen LogP contribution in [0.3, 0.4) is 0 Å². The van der Waals surface area contributed by atoms with E-state index in [9.17, 15) is 17.6 Å². The van der Waals surface area contributed by atoms with Gasteiger partial charge in [0.25, 0.3) is 15.9 Å². The van der Waals surface area contributed by atoms with Crippen LogP contribution in [0.2, 0.25) is 0 Å². The summed E-state index contributed by atoms with van der Waals surface area (Å²) in [5, 5.41) is 0. The van der Waals surface area contributed by atoms with Gasteiger partial charge in [0, 0.05) is 38.8 Å². The van der Waals surface area contributed by atoms with E-state index < -0.39 is 15.8 Å². The zero-order valence-electron chi connectivity index (χ0n) is 20.3. The van der Waals surface area contributed by atoms with Gasteiger partial charge in [0.15, 0.2) is 0 Å². The number of halogens is 1. The van der Waals surface area contributed by atoms with E-state index in [2.05, 4.69) is 0 Å². The summed E-state index contributed by atoms with van der Waals surface area (Å²) in [4.78, 5) is 16.5. The van der Waals surface area contributed by atoms with Crippen LogP contribution in [0, 0.1) is 5.82 Å². The monoisotopic (exact) mass is 513 g/mol. The molecule has 36 heavy (non-hydrogen) atoms. The largest absolute Gasteiger partial charge is 0.497 e. The van der Waals surface area contributed by atoms with Crippen LogP contribution in [0.5, 0.6) is 11.5 Å². The highest BCUT2D eigenvalue weighted by atomic mass is 32.2. The highest BCUT2D eigenvalue weighted by molar-refractivity contribution is 7.92. The maximum absolute atomic E-state index is 13.5. The third-order valence-corrected chi connectivity index (χ3v) is 8.01. The Balaban J connectivity index is 1.54. The van der Waals surface area contributed by atoms with Gasteiger partial charge in [-0.05, 0) is 60.7 Å². The fraction of sp³-hybridized carbons (Fsp3) is 0.269. The van der Waals surface area contributed by atoms with Crippen LogP contribution in [0.25, 0.3) is 0 Å². The number of ether oxygens (including phenoxy) is 2. The summed E-state index contributed by atoms with van der Waals surface area (Å²) in [5.41, 5.74) is 1.42. The maximum atomic E-state index is 13.5. The van der Waals surface area contributed by atoms with Gasteiger partial charge in [-0.25, -0.2) is 12.8 Å². The van der Waals surface area contributed by atoms with Crippen LogP contribution in [-0.2, 0) is 10.0 Å². The van der Waals surface area contributed by atoms with Crippen LogP contribution in [-0.4, -0.2) is 66.7 Å². The third kappa shape index (κ3) is 5.08. The minimum atomic E-state index is -3.85. The van der Waals surface area contributed by atoms with E-state index in [1.54, 1.807) is 54.5 Å². The molecule has 0 radical (unpaired) electrons. The van der Waals surface area contributed by atoms with E-state index in [1.165, 1.54) is 42.7 Å². The standard InChI is InChI=1S/C26H28FN3O5S/c1-28(21-7-9-22(34-2)10-8-21)36(32,33)23-11-12-25(35-3)24(18-23)29-13-15-30(16-14-29)26(31)19-5-4-6-20(27)17-19/h4-12,17-18H,13-16H2,1-3H3. The number of amides is 1. The molecule has 0 unspecified atom stereocenters. The molecule has 1 heterocycles. The molecule has 8 nitrogen and oxygen atoms in total. The van der Waals surface area contributed by atoms with Gasteiger partial charge < -0.3 is 19.3 Å². The predicted molar refractivity (Wildman–Crippen MR) is 136 cm³/mol. The summed E-state index contributed by atoms with van der Waals surface area (Å²) in [6, 6.07) is 17.1. The first-order chi connectivity index (χ1) is 17.2. The van der Waals surface area contributed by atoms with Gasteiger partial charge in [0.2, 0.25) is 0 Å². The minimum absolute atomic E-state index is 0.120. The molecule has 3 aromatic rings. The van der Waals surface area contributed by atoms with E-state index >= 15 is 0 Å². The van der Waals surface area contributed by atoms with Crippen molar-refractivity contribution in [1.82, 2.24) is 4.90 Å². The molecule has 0 aliphatic carbocycles. The molecule has 4 rings (SSSR count). The van der Waals surface area contributed by atoms with Crippen LogP contribution in [0.4, 0.5) is 15.8 Å². The zero-order valence-corrected chi connectivity index (χ0v) is 21.2. The number of nitrogens with zero attached hydrogens (tertiary/aromatic N) is 3. The summed E-state index contributed by atoms with van der Waals surface area (Å²) in [7, 11) is 0.721. The topological polar surface area (TPSA) is 79.4 Å². The van der Waals surface area contributed by atoms with Gasteiger partial charge in [-0.2, -0.15) is 0 Å². The van der Waals surface area contributed by atoms with Crippen molar-refractivity contribution in [1.29, 1.82) is 0 Å². The lowest BCUT2D eigenvalue weighted by molar-refractivity contribution is 0.0746. The van der Waals surface area contributed by atoms with Gasteiger partial charge in [-0.3, -0.25) is 9.10 Å². The van der Waals surface area contributed by atoms with Crippen molar-refractivity contribution >= 4 is 27.3 Å². The van der Waals surface area contributed by atoms with Crippen LogP contribution >= 0.6 is 0 Å².